The van der Waals surface area contributed by atoms with E-state index in [4.69, 9.17) is 19.3 Å². The number of carbonyl (C=O) groups is 3. The molecule has 2 aromatic carbocycles. The number of hydrogen-bond acceptors (Lipinski definition) is 6. The molecule has 2 amide bonds. The van der Waals surface area contributed by atoms with Gasteiger partial charge in [-0.05, 0) is 49.4 Å². The molecule has 0 bridgehead atoms. The van der Waals surface area contributed by atoms with Crippen LogP contribution >= 0.6 is 0 Å². The molecule has 2 N–H and O–H groups in total. The molecule has 37 heavy (non-hydrogen) atoms. The van der Waals surface area contributed by atoms with Crippen molar-refractivity contribution in [3.05, 3.63) is 59.7 Å². The monoisotopic (exact) mass is 510 g/mol. The van der Waals surface area contributed by atoms with Crippen LogP contribution in [0.15, 0.2) is 48.5 Å². The second-order valence-electron chi connectivity index (χ2n) is 10.5. The van der Waals surface area contributed by atoms with E-state index in [1.807, 2.05) is 24.3 Å². The number of likely N-dealkylation sites (tertiary alicyclic amines) is 1. The van der Waals surface area contributed by atoms with Gasteiger partial charge in [0.15, 0.2) is 0 Å². The number of benzene rings is 2. The van der Waals surface area contributed by atoms with Gasteiger partial charge in [0.25, 0.3) is 0 Å². The van der Waals surface area contributed by atoms with E-state index in [1.165, 1.54) is 0 Å². The third-order valence-corrected chi connectivity index (χ3v) is 6.59. The van der Waals surface area contributed by atoms with E-state index in [0.29, 0.717) is 13.0 Å². The number of piperidine rings is 1. The fourth-order valence-corrected chi connectivity index (χ4v) is 4.97. The molecule has 0 spiro atoms. The Hall–Kier alpha value is -3.59. The van der Waals surface area contributed by atoms with E-state index < -0.39 is 30.4 Å². The number of alkyl carbamates (subject to hydrolysis) is 1. The minimum atomic E-state index is -1.08. The van der Waals surface area contributed by atoms with Crippen molar-refractivity contribution < 1.29 is 33.7 Å². The lowest BCUT2D eigenvalue weighted by molar-refractivity contribution is -0.143. The Morgan fingerprint density at radius 1 is 1.00 bits per heavy atom. The van der Waals surface area contributed by atoms with Crippen molar-refractivity contribution in [2.75, 3.05) is 32.9 Å². The first-order valence-electron chi connectivity index (χ1n) is 12.5. The van der Waals surface area contributed by atoms with Crippen LogP contribution in [0.1, 0.15) is 44.2 Å². The third kappa shape index (κ3) is 6.60. The lowest BCUT2D eigenvalue weighted by Gasteiger charge is -2.39. The van der Waals surface area contributed by atoms with Crippen LogP contribution in [0.2, 0.25) is 0 Å². The molecule has 1 heterocycles. The van der Waals surface area contributed by atoms with E-state index in [9.17, 15) is 14.4 Å². The van der Waals surface area contributed by atoms with Gasteiger partial charge in [-0.1, -0.05) is 48.5 Å². The molecular weight excluding hydrogens is 476 g/mol. The number of amides is 2. The molecule has 4 rings (SSSR count). The summed E-state index contributed by atoms with van der Waals surface area (Å²) in [5.74, 6) is -1.45. The van der Waals surface area contributed by atoms with E-state index in [0.717, 1.165) is 22.3 Å². The Morgan fingerprint density at radius 3 is 2.22 bits per heavy atom. The van der Waals surface area contributed by atoms with Crippen LogP contribution in [0, 0.1) is 5.92 Å². The Kier molecular flexibility index (Phi) is 8.02. The fraction of sp³-hybridized carbons (Fsp3) is 0.464. The number of hydrogen-bond donors (Lipinski definition) is 2. The summed E-state index contributed by atoms with van der Waals surface area (Å²) in [4.78, 5) is 37.9. The summed E-state index contributed by atoms with van der Waals surface area (Å²) in [6.45, 7) is 5.84. The van der Waals surface area contributed by atoms with Crippen molar-refractivity contribution in [1.82, 2.24) is 10.2 Å². The minimum absolute atomic E-state index is 0.0538. The van der Waals surface area contributed by atoms with Crippen LogP contribution < -0.4 is 5.32 Å². The van der Waals surface area contributed by atoms with Gasteiger partial charge in [-0.2, -0.15) is 0 Å². The summed E-state index contributed by atoms with van der Waals surface area (Å²) in [6.07, 6.45) is -0.541. The van der Waals surface area contributed by atoms with Gasteiger partial charge in [-0.15, -0.1) is 0 Å². The zero-order valence-electron chi connectivity index (χ0n) is 21.4. The summed E-state index contributed by atoms with van der Waals surface area (Å²) in [5, 5.41) is 11.9. The molecule has 0 radical (unpaired) electrons. The fourth-order valence-electron chi connectivity index (χ4n) is 4.97. The smallest absolute Gasteiger partial charge is 0.410 e. The topological polar surface area (TPSA) is 114 Å². The number of fused-ring (bicyclic) bond motifs is 3. The normalized spacial score (nSPS) is 19.1. The average molecular weight is 511 g/mol. The van der Waals surface area contributed by atoms with Crippen LogP contribution in [-0.4, -0.2) is 72.7 Å². The van der Waals surface area contributed by atoms with Crippen molar-refractivity contribution in [3.8, 4) is 11.1 Å². The molecule has 2 aliphatic rings. The Morgan fingerprint density at radius 2 is 1.62 bits per heavy atom. The van der Waals surface area contributed by atoms with Gasteiger partial charge in [-0.3, -0.25) is 0 Å². The zero-order chi connectivity index (χ0) is 26.6. The summed E-state index contributed by atoms with van der Waals surface area (Å²) in [6, 6.07) is 15.9. The summed E-state index contributed by atoms with van der Waals surface area (Å²) in [5.41, 5.74) is 3.92. The Labute approximate surface area is 216 Å². The van der Waals surface area contributed by atoms with Gasteiger partial charge in [0.05, 0.1) is 6.61 Å². The van der Waals surface area contributed by atoms with Crippen LogP contribution in [0.5, 0.6) is 0 Å². The van der Waals surface area contributed by atoms with Gasteiger partial charge in [0.1, 0.15) is 18.8 Å². The number of aliphatic carboxylic acids is 1. The first-order valence-corrected chi connectivity index (χ1v) is 12.5. The molecule has 9 heteroatoms. The summed E-state index contributed by atoms with van der Waals surface area (Å²) < 4.78 is 16.5. The highest BCUT2D eigenvalue weighted by atomic mass is 16.6. The maximum absolute atomic E-state index is 12.8. The summed E-state index contributed by atoms with van der Waals surface area (Å²) >= 11 is 0. The summed E-state index contributed by atoms with van der Waals surface area (Å²) in [7, 11) is 0. The van der Waals surface area contributed by atoms with Gasteiger partial charge in [-0.25, -0.2) is 14.4 Å². The van der Waals surface area contributed by atoms with Crippen molar-refractivity contribution in [1.29, 1.82) is 0 Å². The quantitative estimate of drug-likeness (QED) is 0.572. The third-order valence-electron chi connectivity index (χ3n) is 6.59. The van der Waals surface area contributed by atoms with E-state index in [2.05, 4.69) is 29.6 Å². The van der Waals surface area contributed by atoms with E-state index >= 15 is 0 Å². The number of rotatable bonds is 7. The molecule has 1 saturated heterocycles. The first-order chi connectivity index (χ1) is 17.6. The molecular formula is C28H34N2O7. The molecule has 0 aromatic heterocycles. The standard InChI is InChI=1S/C28H34N2O7/c1-28(2,3)37-27(34)30-13-12-24(18(14-30)15-35-17-25(31)32)29-26(33)36-16-23-21-10-6-4-8-19(21)20-9-5-7-11-22(20)23/h4-11,18,23-24H,12-17H2,1-3H3,(H,29,33)(H,31,32). The number of carboxylic acid groups (broad SMARTS) is 1. The molecule has 1 aliphatic heterocycles. The Bertz CT molecular complexity index is 1100. The van der Waals surface area contributed by atoms with Crippen LogP contribution in [0.3, 0.4) is 0 Å². The molecule has 2 unspecified atom stereocenters. The molecule has 198 valence electrons. The van der Waals surface area contributed by atoms with Gasteiger partial charge < -0.3 is 29.5 Å². The van der Waals surface area contributed by atoms with Crippen molar-refractivity contribution in [3.63, 3.8) is 0 Å². The van der Waals surface area contributed by atoms with Gasteiger partial charge >= 0.3 is 18.2 Å². The van der Waals surface area contributed by atoms with Crippen LogP contribution in [0.25, 0.3) is 11.1 Å². The minimum Gasteiger partial charge on any atom is -0.480 e. The second kappa shape index (κ2) is 11.2. The largest absolute Gasteiger partial charge is 0.480 e. The van der Waals surface area contributed by atoms with Crippen molar-refractivity contribution in [2.45, 2.75) is 44.8 Å². The molecule has 2 aromatic rings. The highest BCUT2D eigenvalue weighted by Gasteiger charge is 2.35. The first kappa shape index (κ1) is 26.5. The molecule has 2 atom stereocenters. The maximum Gasteiger partial charge on any atom is 0.410 e. The molecule has 0 saturated carbocycles. The van der Waals surface area contributed by atoms with Gasteiger partial charge in [0, 0.05) is 31.0 Å². The van der Waals surface area contributed by atoms with Crippen LogP contribution in [0.4, 0.5) is 9.59 Å². The SMILES string of the molecule is CC(C)(C)OC(=O)N1CCC(NC(=O)OCC2c3ccccc3-c3ccccc32)C(COCC(=O)O)C1. The highest BCUT2D eigenvalue weighted by Crippen LogP contribution is 2.44. The van der Waals surface area contributed by atoms with E-state index in [-0.39, 0.29) is 37.6 Å². The van der Waals surface area contributed by atoms with Crippen molar-refractivity contribution >= 4 is 18.2 Å². The predicted molar refractivity (Wildman–Crippen MR) is 136 cm³/mol. The lowest BCUT2D eigenvalue weighted by Crippen LogP contribution is -2.54. The zero-order valence-corrected chi connectivity index (χ0v) is 21.4. The number of carboxylic acids is 1. The van der Waals surface area contributed by atoms with Crippen molar-refractivity contribution in [2.24, 2.45) is 5.92 Å². The van der Waals surface area contributed by atoms with Gasteiger partial charge in [0.2, 0.25) is 0 Å². The molecule has 1 fully saturated rings. The number of ether oxygens (including phenoxy) is 3. The highest BCUT2D eigenvalue weighted by molar-refractivity contribution is 5.79. The predicted octanol–water partition coefficient (Wildman–Crippen LogP) is 4.25. The number of nitrogens with zero attached hydrogens (tertiary/aromatic N) is 1. The Balaban J connectivity index is 1.38. The average Bonchev–Trinajstić information content (AvgIpc) is 3.16. The maximum atomic E-state index is 12.8. The molecule has 1 aliphatic carbocycles. The second-order valence-corrected chi connectivity index (χ2v) is 10.5. The number of carbonyl (C=O) groups excluding carboxylic acids is 2. The van der Waals surface area contributed by atoms with Crippen LogP contribution in [-0.2, 0) is 19.0 Å². The molecule has 9 nitrogen and oxygen atoms in total. The van der Waals surface area contributed by atoms with E-state index in [1.54, 1.807) is 25.7 Å². The lowest BCUT2D eigenvalue weighted by atomic mass is 9.93. The number of nitrogens with one attached hydrogen (secondary N) is 1.